The zero-order chi connectivity index (χ0) is 12.1. The van der Waals surface area contributed by atoms with Crippen molar-refractivity contribution in [1.82, 2.24) is 10.2 Å². The first-order valence-electron chi connectivity index (χ1n) is 5.70. The second-order valence-electron chi connectivity index (χ2n) is 3.85. The molecule has 2 rings (SSSR count). The van der Waals surface area contributed by atoms with E-state index >= 15 is 0 Å². The van der Waals surface area contributed by atoms with Gasteiger partial charge in [0.2, 0.25) is 0 Å². The van der Waals surface area contributed by atoms with Crippen LogP contribution in [0.1, 0.15) is 24.7 Å². The fourth-order valence-electron chi connectivity index (χ4n) is 1.58. The van der Waals surface area contributed by atoms with Crippen LogP contribution in [0, 0.1) is 0 Å². The smallest absolute Gasteiger partial charge is 0.138 e. The number of benzene rings is 1. The summed E-state index contributed by atoms with van der Waals surface area (Å²) in [5.41, 5.74) is 2.04. The molecule has 0 saturated heterocycles. The summed E-state index contributed by atoms with van der Waals surface area (Å²) in [6.45, 7) is 2.59. The van der Waals surface area contributed by atoms with Crippen LogP contribution in [0.2, 0.25) is 5.02 Å². The predicted octanol–water partition coefficient (Wildman–Crippen LogP) is 3.59. The van der Waals surface area contributed by atoms with Crippen LogP contribution >= 0.6 is 11.6 Å². The number of ether oxygens (including phenoxy) is 1. The monoisotopic (exact) mass is 250 g/mol. The second-order valence-corrected chi connectivity index (χ2v) is 4.26. The molecule has 1 aromatic carbocycles. The largest absolute Gasteiger partial charge is 0.486 e. The summed E-state index contributed by atoms with van der Waals surface area (Å²) in [5.74, 6) is 0.695. The summed E-state index contributed by atoms with van der Waals surface area (Å²) in [6.07, 6.45) is 2.08. The Morgan fingerprint density at radius 2 is 2.18 bits per heavy atom. The Balaban J connectivity index is 1.95. The van der Waals surface area contributed by atoms with Gasteiger partial charge in [-0.2, -0.15) is 5.10 Å². The van der Waals surface area contributed by atoms with Crippen LogP contribution in [0.3, 0.4) is 0 Å². The minimum atomic E-state index is 0.459. The van der Waals surface area contributed by atoms with E-state index in [0.29, 0.717) is 17.4 Å². The van der Waals surface area contributed by atoms with Gasteiger partial charge in [0.15, 0.2) is 0 Å². The van der Waals surface area contributed by atoms with Gasteiger partial charge in [-0.1, -0.05) is 37.1 Å². The first-order valence-corrected chi connectivity index (χ1v) is 6.08. The Morgan fingerprint density at radius 1 is 1.35 bits per heavy atom. The van der Waals surface area contributed by atoms with E-state index in [1.54, 1.807) is 0 Å². The van der Waals surface area contributed by atoms with E-state index < -0.39 is 0 Å². The molecule has 0 spiro atoms. The lowest BCUT2D eigenvalue weighted by molar-refractivity contribution is 0.301. The molecule has 1 aromatic heterocycles. The van der Waals surface area contributed by atoms with Gasteiger partial charge in [0.05, 0.1) is 16.4 Å². The Labute approximate surface area is 106 Å². The van der Waals surface area contributed by atoms with Crippen LogP contribution in [0.5, 0.6) is 5.75 Å². The second kappa shape index (κ2) is 5.73. The molecule has 0 aliphatic heterocycles. The van der Waals surface area contributed by atoms with Crippen molar-refractivity contribution in [3.8, 4) is 5.75 Å². The van der Waals surface area contributed by atoms with Gasteiger partial charge in [0.1, 0.15) is 12.4 Å². The van der Waals surface area contributed by atoms with Crippen LogP contribution in [-0.4, -0.2) is 10.2 Å². The van der Waals surface area contributed by atoms with Gasteiger partial charge in [-0.05, 0) is 24.6 Å². The third-order valence-corrected chi connectivity index (χ3v) is 2.72. The number of hydrogen-bond donors (Lipinski definition) is 1. The number of aromatic amines is 1. The van der Waals surface area contributed by atoms with Crippen molar-refractivity contribution in [1.29, 1.82) is 0 Å². The van der Waals surface area contributed by atoms with E-state index in [2.05, 4.69) is 17.1 Å². The number of hydrogen-bond acceptors (Lipinski definition) is 2. The zero-order valence-corrected chi connectivity index (χ0v) is 10.5. The minimum absolute atomic E-state index is 0.459. The molecule has 0 unspecified atom stereocenters. The van der Waals surface area contributed by atoms with Crippen LogP contribution in [0.15, 0.2) is 30.3 Å². The van der Waals surface area contributed by atoms with E-state index in [-0.39, 0.29) is 0 Å². The molecule has 17 heavy (non-hydrogen) atoms. The molecule has 0 saturated carbocycles. The van der Waals surface area contributed by atoms with Crippen molar-refractivity contribution in [2.45, 2.75) is 26.4 Å². The zero-order valence-electron chi connectivity index (χ0n) is 9.74. The summed E-state index contributed by atoms with van der Waals surface area (Å²) < 4.78 is 5.61. The maximum atomic E-state index is 5.99. The summed E-state index contributed by atoms with van der Waals surface area (Å²) >= 11 is 5.99. The van der Waals surface area contributed by atoms with Gasteiger partial charge >= 0.3 is 0 Å². The quantitative estimate of drug-likeness (QED) is 0.881. The third-order valence-electron chi connectivity index (χ3n) is 2.41. The van der Waals surface area contributed by atoms with E-state index in [4.69, 9.17) is 16.3 Å². The van der Waals surface area contributed by atoms with Crippen molar-refractivity contribution in [2.75, 3.05) is 0 Å². The molecule has 2 aromatic rings. The number of nitrogens with one attached hydrogen (secondary N) is 1. The number of nitrogens with zero attached hydrogens (tertiary/aromatic N) is 1. The summed E-state index contributed by atoms with van der Waals surface area (Å²) in [6, 6.07) is 9.47. The Hall–Kier alpha value is -1.48. The van der Waals surface area contributed by atoms with Crippen LogP contribution in [0.4, 0.5) is 0 Å². The Kier molecular flexibility index (Phi) is 4.04. The van der Waals surface area contributed by atoms with Gasteiger partial charge in [0, 0.05) is 0 Å². The highest BCUT2D eigenvalue weighted by molar-refractivity contribution is 6.32. The first-order chi connectivity index (χ1) is 8.29. The Bertz CT molecular complexity index is 482. The number of para-hydroxylation sites is 1. The van der Waals surface area contributed by atoms with Crippen LogP contribution in [0.25, 0.3) is 0 Å². The van der Waals surface area contributed by atoms with E-state index in [9.17, 15) is 0 Å². The van der Waals surface area contributed by atoms with Crippen LogP contribution < -0.4 is 4.74 Å². The summed E-state index contributed by atoms with van der Waals surface area (Å²) in [7, 11) is 0. The normalized spacial score (nSPS) is 10.5. The molecular weight excluding hydrogens is 236 g/mol. The van der Waals surface area contributed by atoms with Gasteiger partial charge in [-0.15, -0.1) is 0 Å². The topological polar surface area (TPSA) is 37.9 Å². The van der Waals surface area contributed by atoms with Crippen LogP contribution in [-0.2, 0) is 13.0 Å². The van der Waals surface area contributed by atoms with E-state index in [1.807, 2.05) is 30.3 Å². The highest BCUT2D eigenvalue weighted by Gasteiger charge is 2.03. The average Bonchev–Trinajstić information content (AvgIpc) is 2.76. The molecule has 0 amide bonds. The molecule has 1 heterocycles. The molecule has 0 aliphatic rings. The SMILES string of the molecule is CCCc1cc(COc2ccccc2Cl)[nH]n1. The lowest BCUT2D eigenvalue weighted by atomic mass is 10.2. The third kappa shape index (κ3) is 3.24. The molecular formula is C13H15ClN2O. The standard InChI is InChI=1S/C13H15ClN2O/c1-2-5-10-8-11(16-15-10)9-17-13-7-4-3-6-12(13)14/h3-4,6-8H,2,5,9H2,1H3,(H,15,16). The fourth-order valence-corrected chi connectivity index (χ4v) is 1.78. The minimum Gasteiger partial charge on any atom is -0.486 e. The van der Waals surface area contributed by atoms with Gasteiger partial charge < -0.3 is 4.74 Å². The molecule has 0 atom stereocenters. The van der Waals surface area contributed by atoms with Crippen molar-refractivity contribution in [2.24, 2.45) is 0 Å². The highest BCUT2D eigenvalue weighted by atomic mass is 35.5. The number of H-pyrrole nitrogens is 1. The van der Waals surface area contributed by atoms with Gasteiger partial charge in [-0.3, -0.25) is 5.10 Å². The number of aryl methyl sites for hydroxylation is 1. The first kappa shape index (κ1) is 12.0. The molecule has 0 fully saturated rings. The van der Waals surface area contributed by atoms with Gasteiger partial charge in [-0.25, -0.2) is 0 Å². The summed E-state index contributed by atoms with van der Waals surface area (Å²) in [4.78, 5) is 0. The maximum Gasteiger partial charge on any atom is 0.138 e. The molecule has 4 heteroatoms. The molecule has 3 nitrogen and oxygen atoms in total. The van der Waals surface area contributed by atoms with Gasteiger partial charge in [0.25, 0.3) is 0 Å². The molecule has 0 aliphatic carbocycles. The van der Waals surface area contributed by atoms with Crippen molar-refractivity contribution in [3.63, 3.8) is 0 Å². The molecule has 1 N–H and O–H groups in total. The maximum absolute atomic E-state index is 5.99. The van der Waals surface area contributed by atoms with Crippen molar-refractivity contribution >= 4 is 11.6 Å². The lowest BCUT2D eigenvalue weighted by Gasteiger charge is -2.05. The van der Waals surface area contributed by atoms with E-state index in [0.717, 1.165) is 24.2 Å². The molecule has 0 radical (unpaired) electrons. The van der Waals surface area contributed by atoms with E-state index in [1.165, 1.54) is 0 Å². The summed E-state index contributed by atoms with van der Waals surface area (Å²) in [5, 5.41) is 7.79. The number of rotatable bonds is 5. The average molecular weight is 251 g/mol. The highest BCUT2D eigenvalue weighted by Crippen LogP contribution is 2.23. The number of aromatic nitrogens is 2. The fraction of sp³-hybridized carbons (Fsp3) is 0.308. The Morgan fingerprint density at radius 3 is 2.94 bits per heavy atom. The lowest BCUT2D eigenvalue weighted by Crippen LogP contribution is -1.96. The molecule has 0 bridgehead atoms. The molecule has 90 valence electrons. The van der Waals surface area contributed by atoms with Crippen molar-refractivity contribution in [3.05, 3.63) is 46.7 Å². The number of halogens is 1. The predicted molar refractivity (Wildman–Crippen MR) is 68.4 cm³/mol. The van der Waals surface area contributed by atoms with Crippen molar-refractivity contribution < 1.29 is 4.74 Å².